The number of amides is 3. The third-order valence-electron chi connectivity index (χ3n) is 6.31. The highest BCUT2D eigenvalue weighted by molar-refractivity contribution is 14.2. The van der Waals surface area contributed by atoms with Crippen LogP contribution in [0.1, 0.15) is 48.9 Å². The zero-order chi connectivity index (χ0) is 27.2. The second-order valence-electron chi connectivity index (χ2n) is 8.90. The third-order valence-corrected chi connectivity index (χ3v) is 8.86. The van der Waals surface area contributed by atoms with Gasteiger partial charge in [-0.25, -0.2) is 0 Å². The van der Waals surface area contributed by atoms with Crippen molar-refractivity contribution in [3.8, 4) is 0 Å². The maximum atomic E-state index is 14.2. The summed E-state index contributed by atoms with van der Waals surface area (Å²) in [5.41, 5.74) is 1.50. The standard InChI is InChI=1S/C27H26Cl2IN3O5/c28-18-8-4-16(5-9-18)23(25(36)31-14-2-1-3-22(34)35)33-24(17-6-10-19(29)11-7-17)26(37)32-21-12-13-30-15-20(21)27(33)38/h4-11,13,15,21,23-24H,1-3,12,14H2,(H,31,36)(H,32,37)(H,34,35). The number of unbranched alkanes of at least 4 members (excludes halogenated alkanes) is 1. The number of aliphatic carboxylic acids is 1. The molecule has 2 aromatic rings. The highest BCUT2D eigenvalue weighted by atomic mass is 127. The first-order chi connectivity index (χ1) is 18.3. The Morgan fingerprint density at radius 1 is 1.05 bits per heavy atom. The van der Waals surface area contributed by atoms with E-state index in [1.54, 1.807) is 48.5 Å². The van der Waals surface area contributed by atoms with Crippen molar-refractivity contribution in [2.75, 3.05) is 6.54 Å². The summed E-state index contributed by atoms with van der Waals surface area (Å²) in [5, 5.41) is 15.7. The average Bonchev–Trinajstić information content (AvgIpc) is 2.99. The Kier molecular flexibility index (Phi) is 9.56. The molecule has 2 aliphatic heterocycles. The average molecular weight is 670 g/mol. The number of halogens is 3. The van der Waals surface area contributed by atoms with E-state index < -0.39 is 56.6 Å². The lowest BCUT2D eigenvalue weighted by molar-refractivity contribution is -0.144. The predicted octanol–water partition coefficient (Wildman–Crippen LogP) is 4.53. The molecular weight excluding hydrogens is 644 g/mol. The van der Waals surface area contributed by atoms with Crippen molar-refractivity contribution in [1.82, 2.24) is 15.5 Å². The molecule has 4 rings (SSSR count). The van der Waals surface area contributed by atoms with Crippen LogP contribution in [0.5, 0.6) is 0 Å². The first-order valence-corrected chi connectivity index (χ1v) is 15.3. The first kappa shape index (κ1) is 28.3. The van der Waals surface area contributed by atoms with Crippen molar-refractivity contribution in [2.24, 2.45) is 0 Å². The third kappa shape index (κ3) is 6.62. The van der Waals surface area contributed by atoms with Gasteiger partial charge in [-0.3, -0.25) is 19.2 Å². The van der Waals surface area contributed by atoms with E-state index in [4.69, 9.17) is 28.3 Å². The van der Waals surface area contributed by atoms with Crippen LogP contribution >= 0.6 is 43.9 Å². The minimum Gasteiger partial charge on any atom is -0.481 e. The van der Waals surface area contributed by atoms with E-state index in [1.165, 1.54) is 4.90 Å². The summed E-state index contributed by atoms with van der Waals surface area (Å²) in [6.07, 6.45) is 1.40. The van der Waals surface area contributed by atoms with Gasteiger partial charge in [-0.15, -0.1) is 0 Å². The Hall–Kier alpha value is -2.76. The number of carboxylic acids is 1. The molecule has 2 aromatic carbocycles. The maximum absolute atomic E-state index is 14.2. The van der Waals surface area contributed by atoms with Crippen LogP contribution in [0.25, 0.3) is 0 Å². The quantitative estimate of drug-likeness (QED) is 0.268. The van der Waals surface area contributed by atoms with Crippen molar-refractivity contribution >= 4 is 71.6 Å². The Morgan fingerprint density at radius 3 is 2.37 bits per heavy atom. The fraction of sp³-hybridized carbons (Fsp3) is 0.296. The summed E-state index contributed by atoms with van der Waals surface area (Å²) >= 11 is 11.8. The molecule has 3 unspecified atom stereocenters. The van der Waals surface area contributed by atoms with E-state index in [-0.39, 0.29) is 18.9 Å². The van der Waals surface area contributed by atoms with Gasteiger partial charge in [0, 0.05) is 28.6 Å². The fourth-order valence-corrected chi connectivity index (χ4v) is 6.84. The molecule has 2 heterocycles. The zero-order valence-corrected chi connectivity index (χ0v) is 23.9. The second-order valence-corrected chi connectivity index (χ2v) is 12.0. The largest absolute Gasteiger partial charge is 0.481 e. The summed E-state index contributed by atoms with van der Waals surface area (Å²) in [6, 6.07) is 10.5. The van der Waals surface area contributed by atoms with E-state index in [2.05, 4.69) is 14.6 Å². The molecule has 0 aliphatic carbocycles. The molecule has 11 heteroatoms. The lowest BCUT2D eigenvalue weighted by Gasteiger charge is -2.36. The molecule has 0 spiro atoms. The SMILES string of the molecule is O=C(O)CCCCNC(=O)C(c1ccc(Cl)cc1)N1C(=O)C2=CI=CCC2NC(=O)C1c1ccc(Cl)cc1. The van der Waals surface area contributed by atoms with E-state index in [9.17, 15) is 19.2 Å². The molecule has 3 atom stereocenters. The van der Waals surface area contributed by atoms with Gasteiger partial charge < -0.3 is 20.6 Å². The highest BCUT2D eigenvalue weighted by Gasteiger charge is 2.46. The number of rotatable bonds is 9. The summed E-state index contributed by atoms with van der Waals surface area (Å²) in [4.78, 5) is 53.8. The van der Waals surface area contributed by atoms with Crippen molar-refractivity contribution in [2.45, 2.75) is 43.8 Å². The predicted molar refractivity (Wildman–Crippen MR) is 154 cm³/mol. The van der Waals surface area contributed by atoms with E-state index in [0.717, 1.165) is 0 Å². The monoisotopic (exact) mass is 669 g/mol. The van der Waals surface area contributed by atoms with Gasteiger partial charge in [0.1, 0.15) is 12.1 Å². The molecule has 3 N–H and O–H groups in total. The van der Waals surface area contributed by atoms with Crippen LogP contribution in [0.4, 0.5) is 0 Å². The van der Waals surface area contributed by atoms with Crippen molar-refractivity contribution in [3.63, 3.8) is 0 Å². The van der Waals surface area contributed by atoms with Gasteiger partial charge in [-0.05, 0) is 62.7 Å². The number of nitrogens with zero attached hydrogens (tertiary/aromatic N) is 1. The Morgan fingerprint density at radius 2 is 1.71 bits per heavy atom. The van der Waals surface area contributed by atoms with Gasteiger partial charge in [-0.1, -0.05) is 68.2 Å². The van der Waals surface area contributed by atoms with Crippen LogP contribution in [0.2, 0.25) is 10.0 Å². The van der Waals surface area contributed by atoms with Crippen LogP contribution in [-0.4, -0.2) is 50.3 Å². The van der Waals surface area contributed by atoms with Crippen LogP contribution in [-0.2, 0) is 19.2 Å². The van der Waals surface area contributed by atoms with Crippen LogP contribution in [0, 0.1) is 0 Å². The van der Waals surface area contributed by atoms with Gasteiger partial charge in [0.25, 0.3) is 5.91 Å². The molecule has 200 valence electrons. The Bertz CT molecular complexity index is 1280. The number of hydrogen-bond acceptors (Lipinski definition) is 4. The molecule has 38 heavy (non-hydrogen) atoms. The number of carboxylic acid groups (broad SMARTS) is 1. The molecule has 1 saturated heterocycles. The van der Waals surface area contributed by atoms with Crippen LogP contribution in [0.15, 0.2) is 58.2 Å². The summed E-state index contributed by atoms with van der Waals surface area (Å²) in [6.45, 7) is 0.224. The number of carbonyl (C=O) groups is 4. The molecule has 8 nitrogen and oxygen atoms in total. The highest BCUT2D eigenvalue weighted by Crippen LogP contribution is 2.38. The summed E-state index contributed by atoms with van der Waals surface area (Å²) in [7, 11) is 0. The maximum Gasteiger partial charge on any atom is 0.303 e. The van der Waals surface area contributed by atoms with Gasteiger partial charge >= 0.3 is 5.97 Å². The fourth-order valence-electron chi connectivity index (χ4n) is 4.45. The lowest BCUT2D eigenvalue weighted by Crippen LogP contribution is -2.48. The summed E-state index contributed by atoms with van der Waals surface area (Å²) < 4.78 is 4.00. The molecule has 0 aromatic heterocycles. The van der Waals surface area contributed by atoms with E-state index in [1.807, 2.05) is 4.08 Å². The second kappa shape index (κ2) is 12.9. The molecular formula is C27H26Cl2IN3O5. The molecule has 0 saturated carbocycles. The van der Waals surface area contributed by atoms with Gasteiger partial charge in [0.05, 0.1) is 6.04 Å². The normalized spacial score (nSPS) is 19.8. The van der Waals surface area contributed by atoms with E-state index >= 15 is 0 Å². The minimum atomic E-state index is -1.14. The Labute approximate surface area is 240 Å². The lowest BCUT2D eigenvalue weighted by atomic mass is 9.97. The molecule has 2 aliphatic rings. The van der Waals surface area contributed by atoms with Crippen LogP contribution in [0.3, 0.4) is 0 Å². The first-order valence-electron chi connectivity index (χ1n) is 12.0. The molecule has 0 bridgehead atoms. The molecule has 3 amide bonds. The number of benzene rings is 2. The van der Waals surface area contributed by atoms with Gasteiger partial charge in [-0.2, -0.15) is 0 Å². The van der Waals surface area contributed by atoms with Crippen LogP contribution < -0.4 is 10.6 Å². The number of hydrogen-bond donors (Lipinski definition) is 3. The summed E-state index contributed by atoms with van der Waals surface area (Å²) in [5.74, 6) is -2.16. The smallest absolute Gasteiger partial charge is 0.303 e. The van der Waals surface area contributed by atoms with Gasteiger partial charge in [0.2, 0.25) is 11.8 Å². The molecule has 0 radical (unpaired) electrons. The minimum absolute atomic E-state index is 0.00442. The Balaban J connectivity index is 1.78. The zero-order valence-electron chi connectivity index (χ0n) is 20.2. The van der Waals surface area contributed by atoms with Crippen molar-refractivity contribution < 1.29 is 24.3 Å². The number of nitrogens with one attached hydrogen (secondary N) is 2. The topological polar surface area (TPSA) is 116 Å². The molecule has 1 fully saturated rings. The van der Waals surface area contributed by atoms with Crippen molar-refractivity contribution in [1.29, 1.82) is 0 Å². The van der Waals surface area contributed by atoms with Crippen molar-refractivity contribution in [3.05, 3.63) is 79.4 Å². The number of carbonyl (C=O) groups excluding carboxylic acids is 3. The van der Waals surface area contributed by atoms with E-state index in [0.29, 0.717) is 46.0 Å². The van der Waals surface area contributed by atoms with Gasteiger partial charge in [0.15, 0.2) is 0 Å². The number of fused-ring (bicyclic) bond motifs is 1.